The number of carbonyl (C=O) groups excluding carboxylic acids is 3. The Kier molecular flexibility index (Phi) is 37.0. The van der Waals surface area contributed by atoms with E-state index in [1.165, 1.54) is 64.7 Å². The molecule has 0 aromatic heterocycles. The first-order valence-electron chi connectivity index (χ1n) is 21.2. The summed E-state index contributed by atoms with van der Waals surface area (Å²) in [4.78, 5) is 46.4. The molecule has 0 bridgehead atoms. The Balaban J connectivity index is 4.53. The molecule has 10 nitrogen and oxygen atoms in total. The number of hydrogen-bond acceptors (Lipinski definition) is 9. The van der Waals surface area contributed by atoms with E-state index in [-0.39, 0.29) is 19.4 Å². The highest BCUT2D eigenvalue weighted by Crippen LogP contribution is 2.43. The summed E-state index contributed by atoms with van der Waals surface area (Å²) >= 11 is 0. The molecule has 0 aliphatic rings. The van der Waals surface area contributed by atoms with Crippen LogP contribution in [0.2, 0.25) is 0 Å². The fourth-order valence-corrected chi connectivity index (χ4v) is 6.03. The van der Waals surface area contributed by atoms with Gasteiger partial charge in [0.05, 0.1) is 19.3 Å². The molecule has 3 N–H and O–H groups in total. The Morgan fingerprint density at radius 2 is 1.00 bits per heavy atom. The van der Waals surface area contributed by atoms with Crippen molar-refractivity contribution in [3.63, 3.8) is 0 Å². The molecule has 11 heteroatoms. The average molecular weight is 806 g/mol. The summed E-state index contributed by atoms with van der Waals surface area (Å²) in [6.07, 6.45) is 46.0. The van der Waals surface area contributed by atoms with Crippen molar-refractivity contribution >= 4 is 25.5 Å². The summed E-state index contributed by atoms with van der Waals surface area (Å²) in [5.41, 5.74) is 5.57. The standard InChI is InChI=1S/C45H76NO9P/c1-4-6-8-10-12-14-16-18-19-20-21-22-23-25-27-29-31-33-35-37-45(49)55-42(39-53-56(50,51)54-40-43(46)41(3)47)38-52-44(48)36-34-32-30-28-26-24-17-15-13-11-9-7-5-2/h6,8,12,14,18-19,21-22,25,27,31,33,42-43H,4-5,7,9-11,13,15-17,20,23-24,26,28-30,32,34-40,46H2,1-3H3,(H,50,51)/b8-6-,14-12-,19-18-,22-21-,27-25-,33-31-. The minimum Gasteiger partial charge on any atom is -0.462 e. The SMILES string of the molecule is CC/C=C\C/C=C\C/C=C\C/C=C\C/C=C\C/C=C\CCC(=O)OC(COC(=O)CCCCCCCCCCCCCCC)COP(=O)(O)OCC(N)C(C)=O. The molecule has 0 saturated carbocycles. The van der Waals surface area contributed by atoms with Crippen LogP contribution in [-0.2, 0) is 37.5 Å². The lowest BCUT2D eigenvalue weighted by Crippen LogP contribution is -2.33. The molecule has 320 valence electrons. The highest BCUT2D eigenvalue weighted by molar-refractivity contribution is 7.47. The van der Waals surface area contributed by atoms with Crippen molar-refractivity contribution < 1.29 is 42.4 Å². The number of ether oxygens (including phenoxy) is 2. The number of phosphoric ester groups is 1. The Hall–Kier alpha value is -2.88. The van der Waals surface area contributed by atoms with Gasteiger partial charge >= 0.3 is 19.8 Å². The van der Waals surface area contributed by atoms with Crippen molar-refractivity contribution in [1.29, 1.82) is 0 Å². The molecule has 0 amide bonds. The van der Waals surface area contributed by atoms with Gasteiger partial charge in [-0.15, -0.1) is 0 Å². The molecule has 0 aliphatic carbocycles. The van der Waals surface area contributed by atoms with Gasteiger partial charge in [0.1, 0.15) is 12.4 Å². The van der Waals surface area contributed by atoms with Gasteiger partial charge in [-0.3, -0.25) is 23.4 Å². The van der Waals surface area contributed by atoms with Crippen LogP contribution in [0.3, 0.4) is 0 Å². The summed E-state index contributed by atoms with van der Waals surface area (Å²) in [5, 5.41) is 0. The minimum atomic E-state index is -4.62. The number of esters is 2. The summed E-state index contributed by atoms with van der Waals surface area (Å²) in [6, 6.07) is -1.09. The van der Waals surface area contributed by atoms with E-state index in [9.17, 15) is 23.8 Å². The summed E-state index contributed by atoms with van der Waals surface area (Å²) < 4.78 is 32.9. The molecule has 0 rings (SSSR count). The Morgan fingerprint density at radius 3 is 1.46 bits per heavy atom. The van der Waals surface area contributed by atoms with E-state index in [0.29, 0.717) is 12.8 Å². The summed E-state index contributed by atoms with van der Waals surface area (Å²) in [6.45, 7) is 4.19. The Morgan fingerprint density at radius 1 is 0.571 bits per heavy atom. The molecule has 0 spiro atoms. The van der Waals surface area contributed by atoms with Crippen LogP contribution in [0, 0.1) is 0 Å². The number of carbonyl (C=O) groups is 3. The van der Waals surface area contributed by atoms with Gasteiger partial charge in [-0.2, -0.15) is 0 Å². The van der Waals surface area contributed by atoms with E-state index >= 15 is 0 Å². The molecule has 3 atom stereocenters. The maximum Gasteiger partial charge on any atom is 0.472 e. The van der Waals surface area contributed by atoms with E-state index in [0.717, 1.165) is 57.8 Å². The lowest BCUT2D eigenvalue weighted by molar-refractivity contribution is -0.161. The fourth-order valence-electron chi connectivity index (χ4n) is 5.25. The van der Waals surface area contributed by atoms with Crippen LogP contribution in [0.15, 0.2) is 72.9 Å². The van der Waals surface area contributed by atoms with Crippen molar-refractivity contribution in [2.45, 2.75) is 174 Å². The molecule has 0 aliphatic heterocycles. The summed E-state index contributed by atoms with van der Waals surface area (Å²) in [5.74, 6) is -1.43. The number of hydrogen-bond donors (Lipinski definition) is 2. The zero-order chi connectivity index (χ0) is 41.4. The van der Waals surface area contributed by atoms with Crippen LogP contribution in [0.4, 0.5) is 0 Å². The first kappa shape index (κ1) is 53.1. The van der Waals surface area contributed by atoms with Crippen LogP contribution in [0.5, 0.6) is 0 Å². The molecular formula is C45H76NO9P. The third-order valence-corrected chi connectivity index (χ3v) is 9.64. The van der Waals surface area contributed by atoms with E-state index < -0.39 is 50.9 Å². The summed E-state index contributed by atoms with van der Waals surface area (Å²) in [7, 11) is -4.62. The molecule has 0 aromatic carbocycles. The van der Waals surface area contributed by atoms with E-state index in [2.05, 4.69) is 74.6 Å². The fraction of sp³-hybridized carbons (Fsp3) is 0.667. The maximum absolute atomic E-state index is 12.6. The molecule has 3 unspecified atom stereocenters. The van der Waals surface area contributed by atoms with Crippen molar-refractivity contribution in [2.75, 3.05) is 19.8 Å². The number of allylic oxidation sites excluding steroid dienone is 12. The predicted octanol–water partition coefficient (Wildman–Crippen LogP) is 11.5. The third kappa shape index (κ3) is 38.0. The molecule has 0 fully saturated rings. The van der Waals surface area contributed by atoms with Gasteiger partial charge < -0.3 is 20.1 Å². The number of ketones is 1. The predicted molar refractivity (Wildman–Crippen MR) is 229 cm³/mol. The van der Waals surface area contributed by atoms with Gasteiger partial charge in [-0.05, 0) is 58.3 Å². The zero-order valence-corrected chi connectivity index (χ0v) is 35.9. The molecule has 0 heterocycles. The second kappa shape index (κ2) is 39.0. The topological polar surface area (TPSA) is 151 Å². The number of rotatable bonds is 38. The molecule has 0 aromatic rings. The van der Waals surface area contributed by atoms with Crippen molar-refractivity contribution in [3.8, 4) is 0 Å². The first-order valence-corrected chi connectivity index (χ1v) is 22.7. The highest BCUT2D eigenvalue weighted by atomic mass is 31.2. The van der Waals surface area contributed by atoms with Crippen LogP contribution < -0.4 is 5.73 Å². The number of Topliss-reactive ketones (excluding diaryl/α,β-unsaturated/α-hetero) is 1. The average Bonchev–Trinajstić information content (AvgIpc) is 3.17. The smallest absolute Gasteiger partial charge is 0.462 e. The minimum absolute atomic E-state index is 0.0618. The van der Waals surface area contributed by atoms with Crippen LogP contribution in [0.25, 0.3) is 0 Å². The molecule has 0 saturated heterocycles. The monoisotopic (exact) mass is 806 g/mol. The molecule has 0 radical (unpaired) electrons. The van der Waals surface area contributed by atoms with Crippen molar-refractivity contribution in [2.24, 2.45) is 5.73 Å². The third-order valence-electron chi connectivity index (χ3n) is 8.69. The number of nitrogens with two attached hydrogens (primary N) is 1. The van der Waals surface area contributed by atoms with Crippen LogP contribution in [0.1, 0.15) is 162 Å². The van der Waals surface area contributed by atoms with Gasteiger partial charge in [-0.25, -0.2) is 4.57 Å². The normalized spacial score (nSPS) is 14.5. The van der Waals surface area contributed by atoms with Gasteiger partial charge in [-0.1, -0.05) is 164 Å². The largest absolute Gasteiger partial charge is 0.472 e. The molecular weight excluding hydrogens is 729 g/mol. The van der Waals surface area contributed by atoms with Crippen molar-refractivity contribution in [1.82, 2.24) is 0 Å². The van der Waals surface area contributed by atoms with Crippen LogP contribution in [-0.4, -0.2) is 54.6 Å². The van der Waals surface area contributed by atoms with Gasteiger partial charge in [0.15, 0.2) is 6.10 Å². The lowest BCUT2D eigenvalue weighted by atomic mass is 10.0. The van der Waals surface area contributed by atoms with E-state index in [1.54, 1.807) is 0 Å². The van der Waals surface area contributed by atoms with Gasteiger partial charge in [0, 0.05) is 12.8 Å². The number of unbranched alkanes of at least 4 members (excludes halogenated alkanes) is 12. The first-order chi connectivity index (χ1) is 27.1. The maximum atomic E-state index is 12.6. The zero-order valence-electron chi connectivity index (χ0n) is 35.0. The Labute approximate surface area is 339 Å². The highest BCUT2D eigenvalue weighted by Gasteiger charge is 2.27. The van der Waals surface area contributed by atoms with E-state index in [1.807, 2.05) is 12.2 Å². The Bertz CT molecular complexity index is 1220. The second-order valence-corrected chi connectivity index (χ2v) is 15.5. The molecule has 56 heavy (non-hydrogen) atoms. The van der Waals surface area contributed by atoms with Crippen molar-refractivity contribution in [3.05, 3.63) is 72.9 Å². The van der Waals surface area contributed by atoms with E-state index in [4.69, 9.17) is 24.3 Å². The lowest BCUT2D eigenvalue weighted by Gasteiger charge is -2.20. The second-order valence-electron chi connectivity index (χ2n) is 14.0. The van der Waals surface area contributed by atoms with Gasteiger partial charge in [0.25, 0.3) is 0 Å². The van der Waals surface area contributed by atoms with Crippen LogP contribution >= 0.6 is 7.82 Å². The quantitative estimate of drug-likeness (QED) is 0.0267. The van der Waals surface area contributed by atoms with Gasteiger partial charge in [0.2, 0.25) is 0 Å². The number of phosphoric acid groups is 1.